The molecule has 0 unspecified atom stereocenters. The molecular formula is C12H11FN2O3. The van der Waals surface area contributed by atoms with E-state index in [9.17, 15) is 9.18 Å². The second kappa shape index (κ2) is 4.87. The lowest BCUT2D eigenvalue weighted by atomic mass is 10.2. The molecule has 0 fully saturated rings. The van der Waals surface area contributed by atoms with Crippen molar-refractivity contribution >= 4 is 11.7 Å². The molecule has 0 saturated carbocycles. The lowest BCUT2D eigenvalue weighted by Crippen LogP contribution is -2.17. The van der Waals surface area contributed by atoms with Gasteiger partial charge in [0.1, 0.15) is 11.4 Å². The minimum absolute atomic E-state index is 0.0314. The zero-order valence-electron chi connectivity index (χ0n) is 9.63. The Morgan fingerprint density at radius 1 is 1.44 bits per heavy atom. The second-order valence-electron chi connectivity index (χ2n) is 3.80. The molecule has 0 aliphatic rings. The number of benzene rings is 1. The Morgan fingerprint density at radius 2 is 2.11 bits per heavy atom. The lowest BCUT2D eigenvalue weighted by molar-refractivity contribution is 0.0694. The van der Waals surface area contributed by atoms with Gasteiger partial charge in [0.15, 0.2) is 5.76 Å². The van der Waals surface area contributed by atoms with Gasteiger partial charge in [0.2, 0.25) is 0 Å². The summed E-state index contributed by atoms with van der Waals surface area (Å²) in [5, 5.41) is 12.4. The van der Waals surface area contributed by atoms with E-state index in [1.54, 1.807) is 24.1 Å². The van der Waals surface area contributed by atoms with E-state index in [0.29, 0.717) is 0 Å². The van der Waals surface area contributed by atoms with Gasteiger partial charge in [-0.1, -0.05) is 5.16 Å². The Bertz CT molecular complexity index is 551. The molecule has 2 aromatic rings. The maximum atomic E-state index is 12.8. The van der Waals surface area contributed by atoms with Gasteiger partial charge in [0, 0.05) is 12.7 Å². The van der Waals surface area contributed by atoms with Crippen molar-refractivity contribution in [3.8, 4) is 0 Å². The summed E-state index contributed by atoms with van der Waals surface area (Å²) in [6.45, 7) is 0.243. The van der Waals surface area contributed by atoms with Crippen LogP contribution in [0, 0.1) is 5.82 Å². The molecule has 0 atom stereocenters. The highest BCUT2D eigenvalue weighted by molar-refractivity contribution is 5.88. The van der Waals surface area contributed by atoms with E-state index in [-0.39, 0.29) is 23.7 Å². The first-order valence-electron chi connectivity index (χ1n) is 5.21. The fourth-order valence-electron chi connectivity index (χ4n) is 1.55. The van der Waals surface area contributed by atoms with Crippen molar-refractivity contribution in [2.75, 3.05) is 11.9 Å². The maximum Gasteiger partial charge on any atom is 0.341 e. The Balaban J connectivity index is 2.16. The fourth-order valence-corrected chi connectivity index (χ4v) is 1.55. The van der Waals surface area contributed by atoms with Gasteiger partial charge in [-0.2, -0.15) is 0 Å². The van der Waals surface area contributed by atoms with Crippen molar-refractivity contribution in [3.63, 3.8) is 0 Å². The average Bonchev–Trinajstić information content (AvgIpc) is 2.78. The Hall–Kier alpha value is -2.37. The summed E-state index contributed by atoms with van der Waals surface area (Å²) in [5.74, 6) is -1.15. The molecule has 18 heavy (non-hydrogen) atoms. The van der Waals surface area contributed by atoms with E-state index >= 15 is 0 Å². The van der Waals surface area contributed by atoms with Crippen LogP contribution in [0.2, 0.25) is 0 Å². The molecule has 0 amide bonds. The number of anilines is 1. The van der Waals surface area contributed by atoms with Crippen LogP contribution in [0.3, 0.4) is 0 Å². The van der Waals surface area contributed by atoms with Crippen molar-refractivity contribution < 1.29 is 18.8 Å². The fraction of sp³-hybridized carbons (Fsp3) is 0.167. The van der Waals surface area contributed by atoms with E-state index in [4.69, 9.17) is 9.63 Å². The van der Waals surface area contributed by atoms with Gasteiger partial charge in [-0.15, -0.1) is 0 Å². The quantitative estimate of drug-likeness (QED) is 0.900. The van der Waals surface area contributed by atoms with Crippen LogP contribution in [0.25, 0.3) is 0 Å². The van der Waals surface area contributed by atoms with Crippen LogP contribution in [-0.2, 0) is 6.54 Å². The molecular weight excluding hydrogens is 239 g/mol. The van der Waals surface area contributed by atoms with Crippen LogP contribution >= 0.6 is 0 Å². The van der Waals surface area contributed by atoms with Crippen molar-refractivity contribution in [1.82, 2.24) is 5.16 Å². The minimum Gasteiger partial charge on any atom is -0.478 e. The highest BCUT2D eigenvalue weighted by Crippen LogP contribution is 2.17. The van der Waals surface area contributed by atoms with Crippen molar-refractivity contribution in [2.24, 2.45) is 0 Å². The third kappa shape index (κ3) is 2.48. The number of aromatic carboxylic acids is 1. The summed E-state index contributed by atoms with van der Waals surface area (Å²) in [6.07, 6.45) is 1.16. The van der Waals surface area contributed by atoms with Gasteiger partial charge in [-0.3, -0.25) is 0 Å². The van der Waals surface area contributed by atoms with E-state index in [2.05, 4.69) is 5.16 Å². The first-order valence-corrected chi connectivity index (χ1v) is 5.21. The van der Waals surface area contributed by atoms with Gasteiger partial charge in [0.25, 0.3) is 0 Å². The SMILES string of the molecule is CN(Cc1oncc1C(=O)O)c1ccc(F)cc1. The van der Waals surface area contributed by atoms with Crippen LogP contribution in [0.1, 0.15) is 16.1 Å². The molecule has 1 aromatic carbocycles. The Labute approximate surface area is 102 Å². The largest absolute Gasteiger partial charge is 0.478 e. The summed E-state index contributed by atoms with van der Waals surface area (Å²) in [6, 6.07) is 5.88. The van der Waals surface area contributed by atoms with E-state index < -0.39 is 5.97 Å². The summed E-state index contributed by atoms with van der Waals surface area (Å²) < 4.78 is 17.7. The first-order chi connectivity index (χ1) is 8.58. The molecule has 1 heterocycles. The molecule has 1 aromatic heterocycles. The molecule has 0 saturated heterocycles. The maximum absolute atomic E-state index is 12.8. The van der Waals surface area contributed by atoms with Crippen molar-refractivity contribution in [2.45, 2.75) is 6.54 Å². The zero-order chi connectivity index (χ0) is 13.1. The van der Waals surface area contributed by atoms with Gasteiger partial charge in [-0.05, 0) is 24.3 Å². The van der Waals surface area contributed by atoms with E-state index in [0.717, 1.165) is 11.9 Å². The number of nitrogens with zero attached hydrogens (tertiary/aromatic N) is 2. The predicted octanol–water partition coefficient (Wildman–Crippen LogP) is 2.15. The van der Waals surface area contributed by atoms with Crippen LogP contribution in [0.5, 0.6) is 0 Å². The summed E-state index contributed by atoms with van der Waals surface area (Å²) >= 11 is 0. The highest BCUT2D eigenvalue weighted by atomic mass is 19.1. The third-order valence-electron chi connectivity index (χ3n) is 2.52. The topological polar surface area (TPSA) is 66.6 Å². The van der Waals surface area contributed by atoms with Gasteiger partial charge in [-0.25, -0.2) is 9.18 Å². The van der Waals surface area contributed by atoms with E-state index in [1.165, 1.54) is 12.1 Å². The molecule has 1 N–H and O–H groups in total. The van der Waals surface area contributed by atoms with Crippen LogP contribution < -0.4 is 4.90 Å². The summed E-state index contributed by atoms with van der Waals surface area (Å²) in [4.78, 5) is 12.6. The van der Waals surface area contributed by atoms with Crippen molar-refractivity contribution in [3.05, 3.63) is 47.6 Å². The number of carbonyl (C=O) groups is 1. The number of carboxylic acid groups (broad SMARTS) is 1. The summed E-state index contributed by atoms with van der Waals surface area (Å²) in [5.41, 5.74) is 0.785. The van der Waals surface area contributed by atoms with Crippen LogP contribution in [0.4, 0.5) is 10.1 Å². The van der Waals surface area contributed by atoms with Gasteiger partial charge in [0.05, 0.1) is 12.7 Å². The molecule has 0 spiro atoms. The predicted molar refractivity (Wildman–Crippen MR) is 62.0 cm³/mol. The standard InChI is InChI=1S/C12H11FN2O3/c1-15(9-4-2-8(13)3-5-9)7-11-10(12(16)17)6-14-18-11/h2-6H,7H2,1H3,(H,16,17). The number of hydrogen-bond donors (Lipinski definition) is 1. The van der Waals surface area contributed by atoms with Crippen molar-refractivity contribution in [1.29, 1.82) is 0 Å². The Kier molecular flexibility index (Phi) is 3.27. The molecule has 0 radical (unpaired) electrons. The van der Waals surface area contributed by atoms with Gasteiger partial charge < -0.3 is 14.5 Å². The monoisotopic (exact) mass is 250 g/mol. The lowest BCUT2D eigenvalue weighted by Gasteiger charge is -2.17. The molecule has 0 aliphatic heterocycles. The van der Waals surface area contributed by atoms with Crippen LogP contribution in [-0.4, -0.2) is 23.3 Å². The van der Waals surface area contributed by atoms with Gasteiger partial charge >= 0.3 is 5.97 Å². The molecule has 94 valence electrons. The number of halogens is 1. The third-order valence-corrected chi connectivity index (χ3v) is 2.52. The minimum atomic E-state index is -1.08. The Morgan fingerprint density at radius 3 is 2.72 bits per heavy atom. The molecule has 6 heteroatoms. The summed E-state index contributed by atoms with van der Waals surface area (Å²) in [7, 11) is 1.75. The van der Waals surface area contributed by atoms with Crippen LogP contribution in [0.15, 0.2) is 35.0 Å². The zero-order valence-corrected chi connectivity index (χ0v) is 9.63. The molecule has 0 bridgehead atoms. The number of hydrogen-bond acceptors (Lipinski definition) is 4. The number of aromatic nitrogens is 1. The average molecular weight is 250 g/mol. The second-order valence-corrected chi connectivity index (χ2v) is 3.80. The van der Waals surface area contributed by atoms with E-state index in [1.807, 2.05) is 0 Å². The highest BCUT2D eigenvalue weighted by Gasteiger charge is 2.16. The molecule has 0 aliphatic carbocycles. The number of carboxylic acids is 1. The first kappa shape index (κ1) is 12.1. The normalized spacial score (nSPS) is 10.3. The smallest absolute Gasteiger partial charge is 0.341 e. The number of rotatable bonds is 4. The molecule has 2 rings (SSSR count). The molecule has 5 nitrogen and oxygen atoms in total.